The second kappa shape index (κ2) is 8.50. The van der Waals surface area contributed by atoms with Crippen molar-refractivity contribution in [2.75, 3.05) is 11.9 Å². The Morgan fingerprint density at radius 1 is 1.09 bits per heavy atom. The van der Waals surface area contributed by atoms with E-state index in [-0.39, 0.29) is 11.8 Å². The van der Waals surface area contributed by atoms with E-state index in [9.17, 15) is 35.5 Å². The van der Waals surface area contributed by atoms with E-state index < -0.39 is 58.0 Å². The Balaban J connectivity index is 2.25. The summed E-state index contributed by atoms with van der Waals surface area (Å²) in [7, 11) is 1.10. The highest BCUT2D eigenvalue weighted by atomic mass is 19.4. The van der Waals surface area contributed by atoms with Crippen LogP contribution in [0.1, 0.15) is 16.7 Å². The molecule has 1 heterocycles. The zero-order valence-electron chi connectivity index (χ0n) is 16.4. The minimum Gasteiger partial charge on any atom is -0.443 e. The third-order valence-electron chi connectivity index (χ3n) is 4.39. The van der Waals surface area contributed by atoms with Gasteiger partial charge in [-0.2, -0.15) is 26.3 Å². The minimum atomic E-state index is -5.38. The number of nitrogens with zero attached hydrogens (tertiary/aromatic N) is 2. The Morgan fingerprint density at radius 3 is 2.18 bits per heavy atom. The molecule has 0 N–H and O–H groups in total. The van der Waals surface area contributed by atoms with Crippen molar-refractivity contribution in [2.45, 2.75) is 12.4 Å². The molecule has 0 saturated heterocycles. The van der Waals surface area contributed by atoms with E-state index >= 15 is 0 Å². The van der Waals surface area contributed by atoms with Crippen molar-refractivity contribution in [2.24, 2.45) is 0 Å². The molecule has 0 aliphatic carbocycles. The number of carbonyl (C=O) groups excluding carboxylic acids is 1. The van der Waals surface area contributed by atoms with Crippen molar-refractivity contribution in [3.8, 4) is 29.4 Å². The fourth-order valence-electron chi connectivity index (χ4n) is 2.86. The van der Waals surface area contributed by atoms with Gasteiger partial charge in [0, 0.05) is 12.7 Å². The van der Waals surface area contributed by atoms with E-state index in [1.807, 2.05) is 0 Å². The summed E-state index contributed by atoms with van der Waals surface area (Å²) >= 11 is 0. The van der Waals surface area contributed by atoms with Gasteiger partial charge in [-0.3, -0.25) is 4.90 Å². The number of alkyl halides is 6. The van der Waals surface area contributed by atoms with Gasteiger partial charge in [-0.15, -0.1) is 6.42 Å². The monoisotopic (exact) mass is 472 g/mol. The summed E-state index contributed by atoms with van der Waals surface area (Å²) < 4.78 is 105. The average Bonchev–Trinajstić information content (AvgIpc) is 3.25. The van der Waals surface area contributed by atoms with Crippen LogP contribution in [0.15, 0.2) is 47.3 Å². The van der Waals surface area contributed by atoms with E-state index in [0.717, 1.165) is 48.8 Å². The SMILES string of the molecule is C#Cc1c(C(F)(F)F)cc(C(F)(F)F)c(OC(=O)N(C)c2ccc(F)cc2)c1-c1cnco1. The van der Waals surface area contributed by atoms with Gasteiger partial charge in [-0.1, -0.05) is 5.92 Å². The Morgan fingerprint density at radius 2 is 1.70 bits per heavy atom. The van der Waals surface area contributed by atoms with E-state index in [0.29, 0.717) is 0 Å². The van der Waals surface area contributed by atoms with Crippen LogP contribution in [-0.4, -0.2) is 18.1 Å². The zero-order chi connectivity index (χ0) is 24.6. The first-order chi connectivity index (χ1) is 15.3. The minimum absolute atomic E-state index is 0.0280. The van der Waals surface area contributed by atoms with Crippen LogP contribution in [0.5, 0.6) is 5.75 Å². The number of aromatic nitrogens is 1. The van der Waals surface area contributed by atoms with E-state index in [1.54, 1.807) is 5.92 Å². The highest BCUT2D eigenvalue weighted by Gasteiger charge is 2.44. The first-order valence-corrected chi connectivity index (χ1v) is 8.76. The molecule has 12 heteroatoms. The van der Waals surface area contributed by atoms with Gasteiger partial charge in [-0.25, -0.2) is 14.2 Å². The van der Waals surface area contributed by atoms with Crippen LogP contribution in [-0.2, 0) is 12.4 Å². The summed E-state index contributed by atoms with van der Waals surface area (Å²) in [5.74, 6) is -0.845. The van der Waals surface area contributed by atoms with Crippen LogP contribution in [0, 0.1) is 18.2 Å². The number of benzene rings is 2. The lowest BCUT2D eigenvalue weighted by atomic mass is 9.94. The van der Waals surface area contributed by atoms with Crippen LogP contribution < -0.4 is 9.64 Å². The summed E-state index contributed by atoms with van der Waals surface area (Å²) in [5.41, 5.74) is -5.64. The van der Waals surface area contributed by atoms with Crippen LogP contribution in [0.4, 0.5) is 41.2 Å². The molecule has 1 amide bonds. The molecule has 0 aliphatic heterocycles. The predicted molar refractivity (Wildman–Crippen MR) is 101 cm³/mol. The van der Waals surface area contributed by atoms with Crippen LogP contribution in [0.25, 0.3) is 11.3 Å². The fraction of sp³-hybridized carbons (Fsp3) is 0.143. The molecule has 3 aromatic rings. The maximum absolute atomic E-state index is 13.8. The van der Waals surface area contributed by atoms with Gasteiger partial charge in [0.15, 0.2) is 17.9 Å². The van der Waals surface area contributed by atoms with Gasteiger partial charge in [-0.05, 0) is 30.3 Å². The summed E-state index contributed by atoms with van der Waals surface area (Å²) in [6, 6.07) is 4.00. The van der Waals surface area contributed by atoms with E-state index in [4.69, 9.17) is 15.6 Å². The number of hydrogen-bond donors (Lipinski definition) is 0. The Hall–Kier alpha value is -4.01. The molecule has 1 aromatic heterocycles. The quantitative estimate of drug-likeness (QED) is 0.340. The lowest BCUT2D eigenvalue weighted by Crippen LogP contribution is -2.30. The molecular weight excluding hydrogens is 461 g/mol. The Kier molecular flexibility index (Phi) is 6.09. The molecule has 3 rings (SSSR count). The molecule has 33 heavy (non-hydrogen) atoms. The van der Waals surface area contributed by atoms with Crippen molar-refractivity contribution in [1.82, 2.24) is 4.98 Å². The average molecular weight is 472 g/mol. The van der Waals surface area contributed by atoms with E-state index in [1.165, 1.54) is 0 Å². The molecule has 0 radical (unpaired) electrons. The van der Waals surface area contributed by atoms with Gasteiger partial charge in [0.1, 0.15) is 5.82 Å². The maximum atomic E-state index is 13.8. The molecule has 0 saturated carbocycles. The zero-order valence-corrected chi connectivity index (χ0v) is 16.4. The van der Waals surface area contributed by atoms with Gasteiger partial charge in [0.2, 0.25) is 0 Å². The topological polar surface area (TPSA) is 55.6 Å². The van der Waals surface area contributed by atoms with Crippen LogP contribution >= 0.6 is 0 Å². The summed E-state index contributed by atoms with van der Waals surface area (Å²) in [6.45, 7) is 0. The second-order valence-corrected chi connectivity index (χ2v) is 6.46. The fourth-order valence-corrected chi connectivity index (χ4v) is 2.86. The third kappa shape index (κ3) is 4.77. The van der Waals surface area contributed by atoms with Crippen LogP contribution in [0.2, 0.25) is 0 Å². The predicted octanol–water partition coefficient (Wildman–Crippen LogP) is 6.13. The maximum Gasteiger partial charge on any atom is 0.420 e. The molecular formula is C21H11F7N2O3. The summed E-state index contributed by atoms with van der Waals surface area (Å²) in [4.78, 5) is 16.8. The van der Waals surface area contributed by atoms with Gasteiger partial charge < -0.3 is 9.15 Å². The van der Waals surface area contributed by atoms with Crippen molar-refractivity contribution in [3.05, 3.63) is 65.4 Å². The summed E-state index contributed by atoms with van der Waals surface area (Å²) in [6.07, 6.45) is -5.31. The number of rotatable bonds is 3. The number of hydrogen-bond acceptors (Lipinski definition) is 4. The second-order valence-electron chi connectivity index (χ2n) is 6.46. The normalized spacial score (nSPS) is 11.7. The number of terminal acetylenes is 1. The molecule has 0 spiro atoms. The lowest BCUT2D eigenvalue weighted by molar-refractivity contribution is -0.143. The van der Waals surface area contributed by atoms with Crippen LogP contribution in [0.3, 0.4) is 0 Å². The molecule has 172 valence electrons. The van der Waals surface area contributed by atoms with Gasteiger partial charge in [0.05, 0.1) is 28.5 Å². The summed E-state index contributed by atoms with van der Waals surface area (Å²) in [5, 5.41) is 0. The molecule has 0 unspecified atom stereocenters. The number of halogens is 7. The molecule has 0 bridgehead atoms. The van der Waals surface area contributed by atoms with Gasteiger partial charge in [0.25, 0.3) is 0 Å². The van der Waals surface area contributed by atoms with Gasteiger partial charge >= 0.3 is 18.4 Å². The Labute approximate surface area is 181 Å². The van der Waals surface area contributed by atoms with Crippen molar-refractivity contribution in [1.29, 1.82) is 0 Å². The standard InChI is InChI=1S/C21H11F7N2O3/c1-3-13-14(20(23,24)25)8-15(21(26,27)28)18(17(13)16-9-29-10-32-16)33-19(31)30(2)12-6-4-11(22)5-7-12/h1,4-10H,2H3. The number of amides is 1. The number of carbonyl (C=O) groups is 1. The number of anilines is 1. The molecule has 0 atom stereocenters. The number of oxazole rings is 1. The molecule has 0 aliphatic rings. The highest BCUT2D eigenvalue weighted by molar-refractivity contribution is 5.91. The lowest BCUT2D eigenvalue weighted by Gasteiger charge is -2.23. The van der Waals surface area contributed by atoms with Crippen molar-refractivity contribution in [3.63, 3.8) is 0 Å². The van der Waals surface area contributed by atoms with Crippen molar-refractivity contribution >= 4 is 11.8 Å². The van der Waals surface area contributed by atoms with Crippen molar-refractivity contribution < 1.29 is 44.7 Å². The first-order valence-electron chi connectivity index (χ1n) is 8.76. The smallest absolute Gasteiger partial charge is 0.420 e. The molecule has 2 aromatic carbocycles. The molecule has 5 nitrogen and oxygen atoms in total. The van der Waals surface area contributed by atoms with E-state index in [2.05, 4.69) is 4.98 Å². The third-order valence-corrected chi connectivity index (χ3v) is 4.39. The highest BCUT2D eigenvalue weighted by Crippen LogP contribution is 2.48. The Bertz CT molecular complexity index is 1210. The molecule has 0 fully saturated rings. The first kappa shape index (κ1) is 23.6. The number of ether oxygens (including phenoxy) is 1. The largest absolute Gasteiger partial charge is 0.443 e.